The normalized spacial score (nSPS) is 20.7. The van der Waals surface area contributed by atoms with Crippen LogP contribution in [0.3, 0.4) is 0 Å². The Labute approximate surface area is 146 Å². The topological polar surface area (TPSA) is 68.0 Å². The van der Waals surface area contributed by atoms with Gasteiger partial charge in [-0.2, -0.15) is 0 Å². The fourth-order valence-corrected chi connectivity index (χ4v) is 3.64. The molecule has 0 spiro atoms. The maximum Gasteiger partial charge on any atom is 0.277 e. The van der Waals surface area contributed by atoms with Crippen molar-refractivity contribution in [3.05, 3.63) is 41.8 Å². The maximum atomic E-state index is 12.1. The van der Waals surface area contributed by atoms with E-state index in [1.807, 2.05) is 30.3 Å². The number of thioether (sulfide) groups is 1. The molecule has 0 saturated heterocycles. The van der Waals surface area contributed by atoms with E-state index >= 15 is 0 Å². The summed E-state index contributed by atoms with van der Waals surface area (Å²) in [6.45, 7) is 2.21. The monoisotopic (exact) mass is 345 g/mol. The Hall–Kier alpha value is -1.82. The first-order chi connectivity index (χ1) is 11.7. The van der Waals surface area contributed by atoms with Gasteiger partial charge in [0.1, 0.15) is 0 Å². The lowest BCUT2D eigenvalue weighted by atomic mass is 9.86. The maximum absolute atomic E-state index is 12.1. The van der Waals surface area contributed by atoms with Crippen LogP contribution in [0.4, 0.5) is 0 Å². The van der Waals surface area contributed by atoms with E-state index in [1.54, 1.807) is 0 Å². The number of rotatable bonds is 6. The first-order valence-corrected chi connectivity index (χ1v) is 9.48. The molecule has 1 saturated carbocycles. The van der Waals surface area contributed by atoms with Gasteiger partial charge in [-0.25, -0.2) is 0 Å². The van der Waals surface area contributed by atoms with Gasteiger partial charge >= 0.3 is 0 Å². The molecule has 1 aromatic heterocycles. The van der Waals surface area contributed by atoms with Gasteiger partial charge in [0.15, 0.2) is 0 Å². The van der Waals surface area contributed by atoms with E-state index in [-0.39, 0.29) is 5.91 Å². The van der Waals surface area contributed by atoms with Gasteiger partial charge in [0.2, 0.25) is 11.8 Å². The van der Waals surface area contributed by atoms with E-state index in [1.165, 1.54) is 31.0 Å². The lowest BCUT2D eigenvalue weighted by Gasteiger charge is -2.29. The van der Waals surface area contributed by atoms with E-state index < -0.39 is 0 Å². The summed E-state index contributed by atoms with van der Waals surface area (Å²) in [6, 6.07) is 10.3. The van der Waals surface area contributed by atoms with Crippen LogP contribution in [0.15, 0.2) is 40.0 Å². The summed E-state index contributed by atoms with van der Waals surface area (Å²) < 4.78 is 5.61. The molecule has 2 atom stereocenters. The third kappa shape index (κ3) is 4.84. The lowest BCUT2D eigenvalue weighted by Crippen LogP contribution is -2.41. The molecule has 1 aliphatic carbocycles. The van der Waals surface area contributed by atoms with Crippen LogP contribution in [-0.2, 0) is 11.2 Å². The van der Waals surface area contributed by atoms with Crippen LogP contribution in [0.5, 0.6) is 0 Å². The van der Waals surface area contributed by atoms with Crippen molar-refractivity contribution in [3.8, 4) is 0 Å². The lowest BCUT2D eigenvalue weighted by molar-refractivity contribution is -0.119. The molecule has 1 N–H and O–H groups in total. The second-order valence-electron chi connectivity index (χ2n) is 6.35. The quantitative estimate of drug-likeness (QED) is 0.812. The molecule has 6 heteroatoms. The molecular weight excluding hydrogens is 322 g/mol. The van der Waals surface area contributed by atoms with Gasteiger partial charge in [-0.05, 0) is 24.3 Å². The third-order valence-electron chi connectivity index (χ3n) is 4.43. The Bertz CT molecular complexity index is 659. The van der Waals surface area contributed by atoms with Crippen LogP contribution in [-0.4, -0.2) is 27.9 Å². The zero-order valence-corrected chi connectivity index (χ0v) is 14.7. The van der Waals surface area contributed by atoms with Crippen molar-refractivity contribution in [2.75, 3.05) is 5.75 Å². The summed E-state index contributed by atoms with van der Waals surface area (Å²) in [7, 11) is 0. The number of carbonyl (C=O) groups is 1. The molecule has 0 radical (unpaired) electrons. The van der Waals surface area contributed by atoms with Crippen molar-refractivity contribution < 1.29 is 9.21 Å². The predicted octanol–water partition coefficient (Wildman–Crippen LogP) is 3.45. The molecular formula is C18H23N3O2S. The minimum atomic E-state index is 0.0431. The van der Waals surface area contributed by atoms with Gasteiger partial charge in [0.05, 0.1) is 12.2 Å². The number of amides is 1. The van der Waals surface area contributed by atoms with Crippen LogP contribution >= 0.6 is 11.8 Å². The van der Waals surface area contributed by atoms with Gasteiger partial charge in [-0.15, -0.1) is 10.2 Å². The molecule has 128 valence electrons. The molecule has 1 aromatic carbocycles. The Balaban J connectivity index is 1.45. The van der Waals surface area contributed by atoms with E-state index in [9.17, 15) is 4.79 Å². The van der Waals surface area contributed by atoms with Gasteiger partial charge in [0.25, 0.3) is 5.22 Å². The standard InChI is InChI=1S/C18H23N3O2S/c1-13-7-5-6-10-15(13)19-16(22)12-24-18-21-20-17(23-18)11-14-8-3-2-4-9-14/h2-4,8-9,13,15H,5-7,10-12H2,1H3,(H,19,22)/t13-,15-/m0/s1. The molecule has 0 unspecified atom stereocenters. The summed E-state index contributed by atoms with van der Waals surface area (Å²) in [5.41, 5.74) is 1.13. The second-order valence-corrected chi connectivity index (χ2v) is 7.28. The number of nitrogens with one attached hydrogen (secondary N) is 1. The van der Waals surface area contributed by atoms with Gasteiger partial charge in [-0.3, -0.25) is 4.79 Å². The smallest absolute Gasteiger partial charge is 0.277 e. The van der Waals surface area contributed by atoms with Crippen LogP contribution < -0.4 is 5.32 Å². The average molecular weight is 345 g/mol. The highest BCUT2D eigenvalue weighted by atomic mass is 32.2. The fourth-order valence-electron chi connectivity index (χ4n) is 3.04. The Morgan fingerprint density at radius 3 is 2.83 bits per heavy atom. The summed E-state index contributed by atoms with van der Waals surface area (Å²) in [6.07, 6.45) is 5.37. The van der Waals surface area contributed by atoms with Gasteiger partial charge < -0.3 is 9.73 Å². The Kier molecular flexibility index (Phi) is 5.91. The summed E-state index contributed by atoms with van der Waals surface area (Å²) in [4.78, 5) is 12.1. The first kappa shape index (κ1) is 17.0. The highest BCUT2D eigenvalue weighted by Crippen LogP contribution is 2.24. The van der Waals surface area contributed by atoms with Crippen LogP contribution in [0.2, 0.25) is 0 Å². The van der Waals surface area contributed by atoms with Crippen molar-refractivity contribution >= 4 is 17.7 Å². The number of benzene rings is 1. The van der Waals surface area contributed by atoms with Crippen LogP contribution in [0.25, 0.3) is 0 Å². The van der Waals surface area contributed by atoms with Gasteiger partial charge in [-0.1, -0.05) is 61.9 Å². The molecule has 1 amide bonds. The molecule has 2 aromatic rings. The fraction of sp³-hybridized carbons (Fsp3) is 0.500. The number of carbonyl (C=O) groups excluding carboxylic acids is 1. The van der Waals surface area contributed by atoms with E-state index in [4.69, 9.17) is 4.42 Å². The molecule has 0 bridgehead atoms. The number of aromatic nitrogens is 2. The predicted molar refractivity (Wildman–Crippen MR) is 93.8 cm³/mol. The van der Waals surface area contributed by atoms with Crippen LogP contribution in [0, 0.1) is 5.92 Å². The number of hydrogen-bond acceptors (Lipinski definition) is 5. The number of nitrogens with zero attached hydrogens (tertiary/aromatic N) is 2. The van der Waals surface area contributed by atoms with Crippen molar-refractivity contribution in [1.82, 2.24) is 15.5 Å². The molecule has 5 nitrogen and oxygen atoms in total. The molecule has 24 heavy (non-hydrogen) atoms. The molecule has 1 fully saturated rings. The minimum Gasteiger partial charge on any atom is -0.416 e. The summed E-state index contributed by atoms with van der Waals surface area (Å²) in [5, 5.41) is 11.6. The van der Waals surface area contributed by atoms with E-state index in [0.29, 0.717) is 35.2 Å². The Morgan fingerprint density at radius 2 is 2.04 bits per heavy atom. The SMILES string of the molecule is C[C@H]1CCCC[C@@H]1NC(=O)CSc1nnc(Cc2ccccc2)o1. The molecule has 0 aliphatic heterocycles. The van der Waals surface area contributed by atoms with Crippen molar-refractivity contribution in [1.29, 1.82) is 0 Å². The first-order valence-electron chi connectivity index (χ1n) is 8.49. The van der Waals surface area contributed by atoms with Gasteiger partial charge in [0, 0.05) is 6.04 Å². The van der Waals surface area contributed by atoms with Crippen molar-refractivity contribution in [2.24, 2.45) is 5.92 Å². The highest BCUT2D eigenvalue weighted by Gasteiger charge is 2.23. The molecule has 1 heterocycles. The summed E-state index contributed by atoms with van der Waals surface area (Å²) in [5.74, 6) is 1.50. The second kappa shape index (κ2) is 8.33. The zero-order chi connectivity index (χ0) is 16.8. The summed E-state index contributed by atoms with van der Waals surface area (Å²) >= 11 is 1.30. The largest absolute Gasteiger partial charge is 0.416 e. The Morgan fingerprint density at radius 1 is 1.25 bits per heavy atom. The van der Waals surface area contributed by atoms with E-state index in [2.05, 4.69) is 22.4 Å². The number of hydrogen-bond donors (Lipinski definition) is 1. The van der Waals surface area contributed by atoms with Crippen LogP contribution in [0.1, 0.15) is 44.1 Å². The molecule has 3 rings (SSSR count). The average Bonchev–Trinajstić information content (AvgIpc) is 3.03. The zero-order valence-electron chi connectivity index (χ0n) is 13.9. The highest BCUT2D eigenvalue weighted by molar-refractivity contribution is 7.99. The van der Waals surface area contributed by atoms with E-state index in [0.717, 1.165) is 12.0 Å². The molecule has 1 aliphatic rings. The van der Waals surface area contributed by atoms with Crippen molar-refractivity contribution in [2.45, 2.75) is 50.3 Å². The minimum absolute atomic E-state index is 0.0431. The third-order valence-corrected chi connectivity index (χ3v) is 5.25. The van der Waals surface area contributed by atoms with Crippen molar-refractivity contribution in [3.63, 3.8) is 0 Å².